The topological polar surface area (TPSA) is 24.5 Å². The molecular formula is C14H30N2O. The lowest BCUT2D eigenvalue weighted by molar-refractivity contribution is 0.105. The fraction of sp³-hybridized carbons (Fsp3) is 1.00. The van der Waals surface area contributed by atoms with Crippen LogP contribution in [-0.2, 0) is 4.74 Å². The lowest BCUT2D eigenvalue weighted by Crippen LogP contribution is -2.44. The number of methoxy groups -OCH3 is 1. The molecule has 1 aliphatic rings. The van der Waals surface area contributed by atoms with Crippen LogP contribution in [0.3, 0.4) is 0 Å². The maximum Gasteiger partial charge on any atom is 0.0710 e. The van der Waals surface area contributed by atoms with Gasteiger partial charge < -0.3 is 10.1 Å². The second kappa shape index (κ2) is 8.06. The quantitative estimate of drug-likeness (QED) is 0.705. The van der Waals surface area contributed by atoms with Crippen molar-refractivity contribution in [1.29, 1.82) is 0 Å². The van der Waals surface area contributed by atoms with Gasteiger partial charge in [-0.05, 0) is 25.3 Å². The third-order valence-electron chi connectivity index (χ3n) is 4.00. The zero-order chi connectivity index (χ0) is 12.7. The Bertz CT molecular complexity index is 199. The van der Waals surface area contributed by atoms with E-state index in [2.05, 4.69) is 31.0 Å². The number of hydrogen-bond donors (Lipinski definition) is 1. The SMILES string of the molecule is CCCNC(CN1CCC(OC)C1)C(C)CC. The molecule has 102 valence electrons. The molecule has 0 aromatic heterocycles. The molecule has 0 radical (unpaired) electrons. The first-order valence-corrected chi connectivity index (χ1v) is 7.19. The van der Waals surface area contributed by atoms with E-state index in [4.69, 9.17) is 4.74 Å². The van der Waals surface area contributed by atoms with E-state index >= 15 is 0 Å². The number of nitrogens with one attached hydrogen (secondary N) is 1. The summed E-state index contributed by atoms with van der Waals surface area (Å²) in [6.45, 7) is 11.5. The van der Waals surface area contributed by atoms with E-state index < -0.39 is 0 Å². The van der Waals surface area contributed by atoms with Gasteiger partial charge in [0.15, 0.2) is 0 Å². The van der Waals surface area contributed by atoms with Crippen molar-refractivity contribution in [2.45, 2.75) is 52.2 Å². The number of hydrogen-bond acceptors (Lipinski definition) is 3. The summed E-state index contributed by atoms with van der Waals surface area (Å²) in [6, 6.07) is 0.635. The number of nitrogens with zero attached hydrogens (tertiary/aromatic N) is 1. The van der Waals surface area contributed by atoms with E-state index in [-0.39, 0.29) is 0 Å². The van der Waals surface area contributed by atoms with E-state index in [0.29, 0.717) is 12.1 Å². The van der Waals surface area contributed by atoms with Crippen LogP contribution in [0, 0.1) is 5.92 Å². The monoisotopic (exact) mass is 242 g/mol. The first-order valence-electron chi connectivity index (χ1n) is 7.19. The molecule has 3 heteroatoms. The standard InChI is InChI=1S/C14H30N2O/c1-5-8-15-14(12(3)6-2)11-16-9-7-13(10-16)17-4/h12-15H,5-11H2,1-4H3. The molecule has 1 N–H and O–H groups in total. The molecule has 1 aliphatic heterocycles. The summed E-state index contributed by atoms with van der Waals surface area (Å²) in [5.74, 6) is 0.753. The van der Waals surface area contributed by atoms with Gasteiger partial charge in [0.25, 0.3) is 0 Å². The van der Waals surface area contributed by atoms with Crippen LogP contribution in [0.15, 0.2) is 0 Å². The van der Waals surface area contributed by atoms with Crippen molar-refractivity contribution in [1.82, 2.24) is 10.2 Å². The summed E-state index contributed by atoms with van der Waals surface area (Å²) in [6.07, 6.45) is 4.12. The highest BCUT2D eigenvalue weighted by Gasteiger charge is 2.25. The summed E-state index contributed by atoms with van der Waals surface area (Å²) in [5, 5.41) is 3.70. The van der Waals surface area contributed by atoms with Gasteiger partial charge in [0.05, 0.1) is 6.10 Å². The van der Waals surface area contributed by atoms with Crippen molar-refractivity contribution in [2.24, 2.45) is 5.92 Å². The Morgan fingerprint density at radius 3 is 2.71 bits per heavy atom. The van der Waals surface area contributed by atoms with Gasteiger partial charge in [0.1, 0.15) is 0 Å². The van der Waals surface area contributed by atoms with Crippen LogP contribution >= 0.6 is 0 Å². The molecule has 0 amide bonds. The van der Waals surface area contributed by atoms with Crippen molar-refractivity contribution in [3.63, 3.8) is 0 Å². The fourth-order valence-electron chi connectivity index (χ4n) is 2.49. The van der Waals surface area contributed by atoms with Crippen LogP contribution in [-0.4, -0.2) is 50.3 Å². The maximum atomic E-state index is 5.43. The predicted molar refractivity (Wildman–Crippen MR) is 73.4 cm³/mol. The highest BCUT2D eigenvalue weighted by atomic mass is 16.5. The Morgan fingerprint density at radius 2 is 2.18 bits per heavy atom. The molecule has 3 unspecified atom stereocenters. The van der Waals surface area contributed by atoms with Crippen LogP contribution in [0.1, 0.15) is 40.0 Å². The molecule has 3 nitrogen and oxygen atoms in total. The van der Waals surface area contributed by atoms with Crippen molar-refractivity contribution >= 4 is 0 Å². The molecule has 1 saturated heterocycles. The smallest absolute Gasteiger partial charge is 0.0710 e. The minimum absolute atomic E-state index is 0.457. The van der Waals surface area contributed by atoms with Gasteiger partial charge in [-0.25, -0.2) is 0 Å². The molecule has 0 spiro atoms. The van der Waals surface area contributed by atoms with Crippen LogP contribution in [0.25, 0.3) is 0 Å². The zero-order valence-electron chi connectivity index (χ0n) is 12.0. The Labute approximate surface area is 107 Å². The first-order chi connectivity index (χ1) is 8.21. The zero-order valence-corrected chi connectivity index (χ0v) is 12.0. The third-order valence-corrected chi connectivity index (χ3v) is 4.00. The summed E-state index contributed by atoms with van der Waals surface area (Å²) in [7, 11) is 1.83. The molecular weight excluding hydrogens is 212 g/mol. The third kappa shape index (κ3) is 4.94. The number of likely N-dealkylation sites (tertiary alicyclic amines) is 1. The maximum absolute atomic E-state index is 5.43. The van der Waals surface area contributed by atoms with Crippen molar-refractivity contribution in [3.05, 3.63) is 0 Å². The normalized spacial score (nSPS) is 25.1. The largest absolute Gasteiger partial charge is 0.380 e. The molecule has 1 fully saturated rings. The summed E-state index contributed by atoms with van der Waals surface area (Å²) >= 11 is 0. The van der Waals surface area contributed by atoms with Gasteiger partial charge in [0.2, 0.25) is 0 Å². The molecule has 0 aromatic rings. The lowest BCUT2D eigenvalue weighted by atomic mass is 9.98. The van der Waals surface area contributed by atoms with E-state index in [0.717, 1.165) is 19.0 Å². The number of ether oxygens (including phenoxy) is 1. The Morgan fingerprint density at radius 1 is 1.41 bits per heavy atom. The van der Waals surface area contributed by atoms with Gasteiger partial charge in [0, 0.05) is 32.8 Å². The molecule has 3 atom stereocenters. The minimum atomic E-state index is 0.457. The van der Waals surface area contributed by atoms with Crippen molar-refractivity contribution < 1.29 is 4.74 Å². The van der Waals surface area contributed by atoms with Crippen LogP contribution in [0.5, 0.6) is 0 Å². The van der Waals surface area contributed by atoms with E-state index in [9.17, 15) is 0 Å². The molecule has 0 aromatic carbocycles. The van der Waals surface area contributed by atoms with Gasteiger partial charge in [-0.15, -0.1) is 0 Å². The summed E-state index contributed by atoms with van der Waals surface area (Å²) in [5.41, 5.74) is 0. The second-order valence-corrected chi connectivity index (χ2v) is 5.35. The Balaban J connectivity index is 2.37. The van der Waals surface area contributed by atoms with E-state index in [1.54, 1.807) is 0 Å². The molecule has 17 heavy (non-hydrogen) atoms. The lowest BCUT2D eigenvalue weighted by Gasteiger charge is -2.29. The average molecular weight is 242 g/mol. The molecule has 0 aliphatic carbocycles. The first kappa shape index (κ1) is 14.9. The predicted octanol–water partition coefficient (Wildman–Crippen LogP) is 2.12. The van der Waals surface area contributed by atoms with E-state index in [1.807, 2.05) is 7.11 Å². The van der Waals surface area contributed by atoms with Gasteiger partial charge in [-0.1, -0.05) is 27.2 Å². The van der Waals surface area contributed by atoms with E-state index in [1.165, 1.54) is 32.4 Å². The highest BCUT2D eigenvalue weighted by molar-refractivity contribution is 4.82. The fourth-order valence-corrected chi connectivity index (χ4v) is 2.49. The molecule has 1 rings (SSSR count). The molecule has 0 bridgehead atoms. The number of rotatable bonds is 8. The summed E-state index contributed by atoms with van der Waals surface area (Å²) < 4.78 is 5.43. The van der Waals surface area contributed by atoms with Crippen molar-refractivity contribution in [2.75, 3.05) is 33.3 Å². The summed E-state index contributed by atoms with van der Waals surface area (Å²) in [4.78, 5) is 2.55. The van der Waals surface area contributed by atoms with Crippen LogP contribution < -0.4 is 5.32 Å². The Kier molecular flexibility index (Phi) is 7.09. The van der Waals surface area contributed by atoms with Crippen molar-refractivity contribution in [3.8, 4) is 0 Å². The average Bonchev–Trinajstić information content (AvgIpc) is 2.81. The highest BCUT2D eigenvalue weighted by Crippen LogP contribution is 2.15. The van der Waals surface area contributed by atoms with Crippen LogP contribution in [0.4, 0.5) is 0 Å². The second-order valence-electron chi connectivity index (χ2n) is 5.35. The Hall–Kier alpha value is -0.120. The minimum Gasteiger partial charge on any atom is -0.380 e. The van der Waals surface area contributed by atoms with Gasteiger partial charge in [-0.2, -0.15) is 0 Å². The van der Waals surface area contributed by atoms with Gasteiger partial charge >= 0.3 is 0 Å². The van der Waals surface area contributed by atoms with Gasteiger partial charge in [-0.3, -0.25) is 4.90 Å². The van der Waals surface area contributed by atoms with Crippen LogP contribution in [0.2, 0.25) is 0 Å². The molecule has 1 heterocycles. The molecule has 0 saturated carbocycles.